The summed E-state index contributed by atoms with van der Waals surface area (Å²) >= 11 is 0. The lowest BCUT2D eigenvalue weighted by molar-refractivity contribution is -0.181. The number of nitrogens with zero attached hydrogens (tertiary/aromatic N) is 6. The molecule has 1 unspecified atom stereocenters. The van der Waals surface area contributed by atoms with E-state index in [9.17, 15) is 13.2 Å². The standard InChI is InChI=1S/C19H26F3N7.HI/c1-3-23-18(28-11-9-27(10-12-28)15(2)19(20,21)22)24-13-17-26-25-14-29(17)16-7-5-4-6-8-16;/h4-8,14-15H,3,9-13H2,1-2H3,(H,23,24);1H. The van der Waals surface area contributed by atoms with Gasteiger partial charge in [-0.05, 0) is 26.0 Å². The number of benzene rings is 1. The smallest absolute Gasteiger partial charge is 0.357 e. The van der Waals surface area contributed by atoms with E-state index in [4.69, 9.17) is 0 Å². The molecule has 0 saturated carbocycles. The number of halogens is 4. The van der Waals surface area contributed by atoms with Crippen molar-refractivity contribution < 1.29 is 13.2 Å². The third kappa shape index (κ3) is 6.06. The van der Waals surface area contributed by atoms with Crippen LogP contribution in [0.2, 0.25) is 0 Å². The maximum atomic E-state index is 13.0. The minimum absolute atomic E-state index is 0. The third-order valence-corrected chi connectivity index (χ3v) is 4.99. The van der Waals surface area contributed by atoms with E-state index >= 15 is 0 Å². The SMILES string of the molecule is CCNC(=NCc1nncn1-c1ccccc1)N1CCN(C(C)C(F)(F)F)CC1.I. The van der Waals surface area contributed by atoms with Gasteiger partial charge in [0, 0.05) is 38.4 Å². The topological polar surface area (TPSA) is 61.6 Å². The molecule has 1 atom stereocenters. The molecule has 0 spiro atoms. The average Bonchev–Trinajstić information content (AvgIpc) is 3.19. The summed E-state index contributed by atoms with van der Waals surface area (Å²) in [7, 11) is 0. The molecule has 1 aromatic heterocycles. The van der Waals surface area contributed by atoms with Crippen LogP contribution >= 0.6 is 24.0 Å². The van der Waals surface area contributed by atoms with E-state index in [2.05, 4.69) is 20.5 Å². The monoisotopic (exact) mass is 537 g/mol. The molecule has 0 aliphatic carbocycles. The van der Waals surface area contributed by atoms with E-state index in [-0.39, 0.29) is 24.0 Å². The fraction of sp³-hybridized carbons (Fsp3) is 0.526. The lowest BCUT2D eigenvalue weighted by Gasteiger charge is -2.39. The molecule has 1 aliphatic rings. The van der Waals surface area contributed by atoms with Gasteiger partial charge in [0.05, 0.1) is 0 Å². The number of aromatic nitrogens is 3. The Kier molecular flexibility index (Phi) is 8.89. The van der Waals surface area contributed by atoms with Crippen LogP contribution in [0.1, 0.15) is 19.7 Å². The summed E-state index contributed by atoms with van der Waals surface area (Å²) in [6.45, 7) is 5.81. The predicted molar refractivity (Wildman–Crippen MR) is 120 cm³/mol. The van der Waals surface area contributed by atoms with Gasteiger partial charge in [0.25, 0.3) is 0 Å². The summed E-state index contributed by atoms with van der Waals surface area (Å²) in [5, 5.41) is 11.4. The van der Waals surface area contributed by atoms with Crippen LogP contribution < -0.4 is 5.32 Å². The van der Waals surface area contributed by atoms with Crippen LogP contribution in [0, 0.1) is 0 Å². The van der Waals surface area contributed by atoms with Gasteiger partial charge in [-0.2, -0.15) is 13.2 Å². The molecule has 7 nitrogen and oxygen atoms in total. The summed E-state index contributed by atoms with van der Waals surface area (Å²) in [6.07, 6.45) is -2.56. The van der Waals surface area contributed by atoms with Gasteiger partial charge < -0.3 is 10.2 Å². The molecule has 1 saturated heterocycles. The number of hydrogen-bond acceptors (Lipinski definition) is 4. The predicted octanol–water partition coefficient (Wildman–Crippen LogP) is 2.92. The van der Waals surface area contributed by atoms with E-state index < -0.39 is 12.2 Å². The number of guanidine groups is 1. The molecular formula is C19H27F3IN7. The first-order valence-corrected chi connectivity index (χ1v) is 9.68. The summed E-state index contributed by atoms with van der Waals surface area (Å²) in [5.41, 5.74) is 0.947. The van der Waals surface area contributed by atoms with E-state index in [1.54, 1.807) is 6.33 Å². The van der Waals surface area contributed by atoms with E-state index in [1.165, 1.54) is 11.8 Å². The van der Waals surface area contributed by atoms with Gasteiger partial charge in [-0.3, -0.25) is 9.47 Å². The molecule has 2 aromatic rings. The Morgan fingerprint density at radius 1 is 1.17 bits per heavy atom. The van der Waals surface area contributed by atoms with E-state index in [0.29, 0.717) is 51.1 Å². The first-order valence-electron chi connectivity index (χ1n) is 9.68. The highest BCUT2D eigenvalue weighted by Gasteiger charge is 2.41. The van der Waals surface area contributed by atoms with Crippen LogP contribution in [-0.2, 0) is 6.54 Å². The Bertz CT molecular complexity index is 802. The van der Waals surface area contributed by atoms with Crippen molar-refractivity contribution in [1.82, 2.24) is 29.9 Å². The van der Waals surface area contributed by atoms with Crippen LogP contribution in [0.5, 0.6) is 0 Å². The van der Waals surface area contributed by atoms with E-state index in [1.807, 2.05) is 46.7 Å². The van der Waals surface area contributed by atoms with Gasteiger partial charge in [0.15, 0.2) is 11.8 Å². The summed E-state index contributed by atoms with van der Waals surface area (Å²) in [5.74, 6) is 1.37. The zero-order valence-corrected chi connectivity index (χ0v) is 19.3. The Balaban J connectivity index is 0.00000320. The molecule has 0 bridgehead atoms. The van der Waals surface area contributed by atoms with Crippen LogP contribution in [0.15, 0.2) is 41.7 Å². The van der Waals surface area contributed by atoms with Crippen molar-refractivity contribution >= 4 is 29.9 Å². The Hall–Kier alpha value is -1.89. The Morgan fingerprint density at radius 2 is 1.83 bits per heavy atom. The van der Waals surface area contributed by atoms with Crippen LogP contribution in [-0.4, -0.2) is 75.5 Å². The second-order valence-corrected chi connectivity index (χ2v) is 6.86. The highest BCUT2D eigenvalue weighted by Crippen LogP contribution is 2.25. The molecule has 1 fully saturated rings. The van der Waals surface area contributed by atoms with Gasteiger partial charge in [0.2, 0.25) is 0 Å². The Morgan fingerprint density at radius 3 is 2.43 bits per heavy atom. The fourth-order valence-corrected chi connectivity index (χ4v) is 3.27. The largest absolute Gasteiger partial charge is 0.403 e. The number of para-hydroxylation sites is 1. The van der Waals surface area contributed by atoms with Crippen molar-refractivity contribution in [2.45, 2.75) is 32.6 Å². The maximum absolute atomic E-state index is 13.0. The van der Waals surface area contributed by atoms with Gasteiger partial charge in [-0.1, -0.05) is 18.2 Å². The van der Waals surface area contributed by atoms with Gasteiger partial charge in [-0.15, -0.1) is 34.2 Å². The normalized spacial score (nSPS) is 16.8. The molecule has 2 heterocycles. The second-order valence-electron chi connectivity index (χ2n) is 6.86. The third-order valence-electron chi connectivity index (χ3n) is 4.99. The number of nitrogens with one attached hydrogen (secondary N) is 1. The highest BCUT2D eigenvalue weighted by molar-refractivity contribution is 14.0. The average molecular weight is 537 g/mol. The van der Waals surface area contributed by atoms with Gasteiger partial charge in [-0.25, -0.2) is 4.99 Å². The number of piperazine rings is 1. The van der Waals surface area contributed by atoms with E-state index in [0.717, 1.165) is 5.69 Å². The van der Waals surface area contributed by atoms with Crippen LogP contribution in [0.3, 0.4) is 0 Å². The molecule has 1 N–H and O–H groups in total. The number of rotatable bonds is 5. The maximum Gasteiger partial charge on any atom is 0.403 e. The Labute approximate surface area is 191 Å². The van der Waals surface area contributed by atoms with Crippen molar-refractivity contribution in [3.63, 3.8) is 0 Å². The number of alkyl halides is 3. The van der Waals surface area contributed by atoms with Gasteiger partial charge in [0.1, 0.15) is 18.9 Å². The lowest BCUT2D eigenvalue weighted by Crippen LogP contribution is -2.56. The molecule has 0 radical (unpaired) electrons. The molecule has 3 rings (SSSR count). The molecule has 11 heteroatoms. The second kappa shape index (κ2) is 10.9. The minimum atomic E-state index is -4.21. The fourth-order valence-electron chi connectivity index (χ4n) is 3.27. The molecule has 0 amide bonds. The van der Waals surface area contributed by atoms with Crippen molar-refractivity contribution in [3.8, 4) is 5.69 Å². The zero-order valence-electron chi connectivity index (χ0n) is 17.0. The number of hydrogen-bond donors (Lipinski definition) is 1. The summed E-state index contributed by atoms with van der Waals surface area (Å²) in [4.78, 5) is 8.11. The van der Waals surface area contributed by atoms with Gasteiger partial charge >= 0.3 is 6.18 Å². The zero-order chi connectivity index (χ0) is 20.9. The van der Waals surface area contributed by atoms with Crippen molar-refractivity contribution in [2.24, 2.45) is 4.99 Å². The van der Waals surface area contributed by atoms with Crippen molar-refractivity contribution in [2.75, 3.05) is 32.7 Å². The number of aliphatic imine (C=N–C) groups is 1. The molecule has 166 valence electrons. The quantitative estimate of drug-likeness (QED) is 0.361. The van der Waals surface area contributed by atoms with Crippen molar-refractivity contribution in [3.05, 3.63) is 42.5 Å². The van der Waals surface area contributed by atoms with Crippen LogP contribution in [0.25, 0.3) is 5.69 Å². The highest BCUT2D eigenvalue weighted by atomic mass is 127. The summed E-state index contributed by atoms with van der Waals surface area (Å²) < 4.78 is 40.7. The molecule has 1 aliphatic heterocycles. The minimum Gasteiger partial charge on any atom is -0.357 e. The summed E-state index contributed by atoms with van der Waals surface area (Å²) in [6, 6.07) is 8.30. The molecule has 30 heavy (non-hydrogen) atoms. The van der Waals surface area contributed by atoms with Crippen molar-refractivity contribution in [1.29, 1.82) is 0 Å². The molecule has 1 aromatic carbocycles. The lowest BCUT2D eigenvalue weighted by atomic mass is 10.2. The van der Waals surface area contributed by atoms with Crippen LogP contribution in [0.4, 0.5) is 13.2 Å². The molecular weight excluding hydrogens is 510 g/mol. The first kappa shape index (κ1) is 24.4. The first-order chi connectivity index (χ1) is 13.9.